The molecule has 1 fully saturated rings. The van der Waals surface area contributed by atoms with Gasteiger partial charge in [-0.25, -0.2) is 9.69 Å². The smallest absolute Gasteiger partial charge is 0.335 e. The number of ether oxygens (including phenoxy) is 2. The summed E-state index contributed by atoms with van der Waals surface area (Å²) < 4.78 is 11.2. The van der Waals surface area contributed by atoms with Crippen LogP contribution in [0.25, 0.3) is 6.08 Å². The number of imide groups is 2. The van der Waals surface area contributed by atoms with Crippen LogP contribution in [0.4, 0.5) is 16.2 Å². The standard InChI is InChI=1S/C26H20ClN3O7/c1-15-6-3-4-9-21(15)29-25(32)19(24(31)28-26(29)33)11-17-12-20(27)23(22(13-17)36-2)37-14-16-7-5-8-18(10-16)30(34)35/h3-13H,14H2,1-2H3,(H,28,31,33)/b19-11+. The number of amides is 4. The number of urea groups is 1. The molecule has 0 aromatic heterocycles. The van der Waals surface area contributed by atoms with Crippen molar-refractivity contribution in [3.8, 4) is 11.5 Å². The maximum absolute atomic E-state index is 13.2. The first-order valence-electron chi connectivity index (χ1n) is 10.9. The molecular formula is C26H20ClN3O7. The van der Waals surface area contributed by atoms with Gasteiger partial charge in [0.05, 0.1) is 22.7 Å². The zero-order valence-electron chi connectivity index (χ0n) is 19.7. The van der Waals surface area contributed by atoms with E-state index < -0.39 is 22.8 Å². The third-order valence-corrected chi connectivity index (χ3v) is 5.81. The number of aryl methyl sites for hydroxylation is 1. The number of nitro benzene ring substituents is 1. The Bertz CT molecular complexity index is 1470. The lowest BCUT2D eigenvalue weighted by Crippen LogP contribution is -2.54. The van der Waals surface area contributed by atoms with Gasteiger partial charge in [-0.2, -0.15) is 0 Å². The van der Waals surface area contributed by atoms with E-state index in [2.05, 4.69) is 5.32 Å². The zero-order valence-corrected chi connectivity index (χ0v) is 20.4. The quantitative estimate of drug-likeness (QED) is 0.204. The van der Waals surface area contributed by atoms with Gasteiger partial charge in [-0.1, -0.05) is 41.9 Å². The van der Waals surface area contributed by atoms with Gasteiger partial charge in [0.15, 0.2) is 11.5 Å². The van der Waals surface area contributed by atoms with Crippen LogP contribution in [0.1, 0.15) is 16.7 Å². The number of halogens is 1. The van der Waals surface area contributed by atoms with Gasteiger partial charge in [0.25, 0.3) is 17.5 Å². The molecule has 4 rings (SSSR count). The molecule has 1 saturated heterocycles. The summed E-state index contributed by atoms with van der Waals surface area (Å²) in [6, 6.07) is 14.9. The summed E-state index contributed by atoms with van der Waals surface area (Å²) in [6.07, 6.45) is 1.30. The molecule has 10 nitrogen and oxygen atoms in total. The van der Waals surface area contributed by atoms with E-state index in [1.54, 1.807) is 43.3 Å². The highest BCUT2D eigenvalue weighted by atomic mass is 35.5. The highest BCUT2D eigenvalue weighted by molar-refractivity contribution is 6.39. The average molecular weight is 522 g/mol. The number of nitrogens with one attached hydrogen (secondary N) is 1. The van der Waals surface area contributed by atoms with Gasteiger partial charge in [-0.3, -0.25) is 25.0 Å². The molecule has 0 saturated carbocycles. The molecule has 37 heavy (non-hydrogen) atoms. The summed E-state index contributed by atoms with van der Waals surface area (Å²) in [4.78, 5) is 49.6. The van der Waals surface area contributed by atoms with Gasteiger partial charge < -0.3 is 9.47 Å². The Hall–Kier alpha value is -4.70. The fourth-order valence-electron chi connectivity index (χ4n) is 3.74. The van der Waals surface area contributed by atoms with E-state index in [4.69, 9.17) is 21.1 Å². The zero-order chi connectivity index (χ0) is 26.7. The van der Waals surface area contributed by atoms with E-state index in [-0.39, 0.29) is 34.4 Å². The van der Waals surface area contributed by atoms with Crippen LogP contribution in [0.5, 0.6) is 11.5 Å². The number of hydrogen-bond donors (Lipinski definition) is 1. The highest BCUT2D eigenvalue weighted by Crippen LogP contribution is 2.38. The molecular weight excluding hydrogens is 502 g/mol. The van der Waals surface area contributed by atoms with E-state index in [0.29, 0.717) is 22.4 Å². The van der Waals surface area contributed by atoms with Crippen molar-refractivity contribution in [3.05, 3.63) is 98.1 Å². The minimum Gasteiger partial charge on any atom is -0.493 e. The number of anilines is 1. The molecule has 0 bridgehead atoms. The van der Waals surface area contributed by atoms with Crippen LogP contribution in [-0.4, -0.2) is 29.9 Å². The summed E-state index contributed by atoms with van der Waals surface area (Å²) >= 11 is 6.43. The fourth-order valence-corrected chi connectivity index (χ4v) is 4.01. The Kier molecular flexibility index (Phi) is 7.21. The molecule has 0 spiro atoms. The number of carbonyl (C=O) groups excluding carboxylic acids is 3. The number of methoxy groups -OCH3 is 1. The molecule has 1 aliphatic heterocycles. The van der Waals surface area contributed by atoms with Gasteiger partial charge in [0.1, 0.15) is 12.2 Å². The van der Waals surface area contributed by atoms with Crippen LogP contribution in [0, 0.1) is 17.0 Å². The molecule has 11 heteroatoms. The number of para-hydroxylation sites is 1. The summed E-state index contributed by atoms with van der Waals surface area (Å²) in [5.41, 5.74) is 1.57. The van der Waals surface area contributed by atoms with Crippen molar-refractivity contribution in [3.63, 3.8) is 0 Å². The summed E-state index contributed by atoms with van der Waals surface area (Å²) in [5, 5.41) is 13.3. The van der Waals surface area contributed by atoms with E-state index >= 15 is 0 Å². The van der Waals surface area contributed by atoms with Gasteiger partial charge in [0, 0.05) is 12.1 Å². The first-order chi connectivity index (χ1) is 17.7. The molecule has 1 heterocycles. The molecule has 0 unspecified atom stereocenters. The number of benzene rings is 3. The number of barbiturate groups is 1. The van der Waals surface area contributed by atoms with Crippen LogP contribution >= 0.6 is 11.6 Å². The van der Waals surface area contributed by atoms with Crippen molar-refractivity contribution in [1.29, 1.82) is 0 Å². The second kappa shape index (κ2) is 10.5. The predicted molar refractivity (Wildman–Crippen MR) is 136 cm³/mol. The Balaban J connectivity index is 1.64. The van der Waals surface area contributed by atoms with E-state index in [1.807, 2.05) is 0 Å². The molecule has 1 aliphatic rings. The average Bonchev–Trinajstić information content (AvgIpc) is 2.86. The van der Waals surface area contributed by atoms with Crippen LogP contribution in [-0.2, 0) is 16.2 Å². The maximum atomic E-state index is 13.2. The number of carbonyl (C=O) groups is 3. The SMILES string of the molecule is COc1cc(/C=C2\C(=O)NC(=O)N(c3ccccc3C)C2=O)cc(Cl)c1OCc1cccc([N+](=O)[O-])c1. The molecule has 188 valence electrons. The predicted octanol–water partition coefficient (Wildman–Crippen LogP) is 4.81. The topological polar surface area (TPSA) is 128 Å². The van der Waals surface area contributed by atoms with Crippen LogP contribution in [0.15, 0.2) is 66.2 Å². The van der Waals surface area contributed by atoms with Crippen LogP contribution in [0.2, 0.25) is 5.02 Å². The Labute approximate surface area is 216 Å². The lowest BCUT2D eigenvalue weighted by molar-refractivity contribution is -0.384. The first kappa shape index (κ1) is 25.4. The third kappa shape index (κ3) is 5.29. The van der Waals surface area contributed by atoms with Crippen LogP contribution < -0.4 is 19.7 Å². The van der Waals surface area contributed by atoms with E-state index in [0.717, 1.165) is 4.90 Å². The number of non-ortho nitro benzene ring substituents is 1. The lowest BCUT2D eigenvalue weighted by atomic mass is 10.1. The Morgan fingerprint density at radius 3 is 2.54 bits per heavy atom. The van der Waals surface area contributed by atoms with Crippen molar-refractivity contribution in [2.75, 3.05) is 12.0 Å². The molecule has 0 atom stereocenters. The highest BCUT2D eigenvalue weighted by Gasteiger charge is 2.37. The van der Waals surface area contributed by atoms with Crippen molar-refractivity contribution < 1.29 is 28.8 Å². The number of nitro groups is 1. The van der Waals surface area contributed by atoms with Crippen molar-refractivity contribution in [2.24, 2.45) is 0 Å². The van der Waals surface area contributed by atoms with Gasteiger partial charge in [-0.15, -0.1) is 0 Å². The molecule has 3 aromatic rings. The first-order valence-corrected chi connectivity index (χ1v) is 11.3. The van der Waals surface area contributed by atoms with Crippen LogP contribution in [0.3, 0.4) is 0 Å². The summed E-state index contributed by atoms with van der Waals surface area (Å²) in [5.74, 6) is -1.25. The van der Waals surface area contributed by atoms with Gasteiger partial charge >= 0.3 is 6.03 Å². The number of hydrogen-bond acceptors (Lipinski definition) is 7. The van der Waals surface area contributed by atoms with Crippen molar-refractivity contribution >= 4 is 46.9 Å². The minimum absolute atomic E-state index is 0.0212. The molecule has 3 aromatic carbocycles. The van der Waals surface area contributed by atoms with Crippen molar-refractivity contribution in [2.45, 2.75) is 13.5 Å². The van der Waals surface area contributed by atoms with E-state index in [9.17, 15) is 24.5 Å². The van der Waals surface area contributed by atoms with E-state index in [1.165, 1.54) is 37.5 Å². The lowest BCUT2D eigenvalue weighted by Gasteiger charge is -2.27. The normalized spacial score (nSPS) is 14.5. The van der Waals surface area contributed by atoms with Crippen molar-refractivity contribution in [1.82, 2.24) is 5.32 Å². The second-order valence-corrected chi connectivity index (χ2v) is 8.40. The third-order valence-electron chi connectivity index (χ3n) is 5.53. The molecule has 0 radical (unpaired) electrons. The number of nitrogens with zero attached hydrogens (tertiary/aromatic N) is 2. The summed E-state index contributed by atoms with van der Waals surface area (Å²) in [6.45, 7) is 1.72. The minimum atomic E-state index is -0.846. The Morgan fingerprint density at radius 2 is 1.84 bits per heavy atom. The largest absolute Gasteiger partial charge is 0.493 e. The monoisotopic (exact) mass is 521 g/mol. The molecule has 4 amide bonds. The summed E-state index contributed by atoms with van der Waals surface area (Å²) in [7, 11) is 1.39. The fraction of sp³-hybridized carbons (Fsp3) is 0.115. The number of rotatable bonds is 7. The Morgan fingerprint density at radius 1 is 1.08 bits per heavy atom. The maximum Gasteiger partial charge on any atom is 0.335 e. The van der Waals surface area contributed by atoms with Gasteiger partial charge in [0.2, 0.25) is 0 Å². The second-order valence-electron chi connectivity index (χ2n) is 7.99. The van der Waals surface area contributed by atoms with Gasteiger partial charge in [-0.05, 0) is 47.9 Å². The molecule has 0 aliphatic carbocycles. The molecule has 1 N–H and O–H groups in total.